The van der Waals surface area contributed by atoms with Crippen LogP contribution in [-0.4, -0.2) is 72.6 Å². The van der Waals surface area contributed by atoms with E-state index in [1.54, 1.807) is 36.8 Å². The van der Waals surface area contributed by atoms with Gasteiger partial charge in [-0.05, 0) is 24.6 Å². The van der Waals surface area contributed by atoms with Crippen molar-refractivity contribution in [3.05, 3.63) is 60.2 Å². The molecule has 2 aliphatic heterocycles. The summed E-state index contributed by atoms with van der Waals surface area (Å²) in [5.74, 6) is 1.88. The maximum atomic E-state index is 13.3. The highest BCUT2D eigenvalue weighted by Gasteiger charge is 2.36. The second kappa shape index (κ2) is 8.69. The number of nitrogens with one attached hydrogen (secondary N) is 1. The van der Waals surface area contributed by atoms with Crippen molar-refractivity contribution < 1.29 is 9.59 Å². The first-order valence-corrected chi connectivity index (χ1v) is 10.6. The topological polar surface area (TPSA) is 122 Å². The molecule has 1 saturated heterocycles. The number of fused-ring (bicyclic) bond motifs is 1. The van der Waals surface area contributed by atoms with E-state index in [0.717, 1.165) is 5.82 Å². The van der Waals surface area contributed by atoms with Crippen LogP contribution in [0.2, 0.25) is 0 Å². The van der Waals surface area contributed by atoms with Gasteiger partial charge < -0.3 is 19.7 Å². The molecule has 0 aromatic carbocycles. The molecule has 32 heavy (non-hydrogen) atoms. The van der Waals surface area contributed by atoms with E-state index in [4.69, 9.17) is 0 Å². The number of carbonyl (C=O) groups is 2. The molecule has 1 N–H and O–H groups in total. The number of carbonyl (C=O) groups excluding carboxylic acids is 2. The Balaban J connectivity index is 1.23. The van der Waals surface area contributed by atoms with Gasteiger partial charge in [0.25, 0.3) is 5.91 Å². The maximum Gasteiger partial charge on any atom is 0.253 e. The monoisotopic (exact) mass is 433 g/mol. The zero-order chi connectivity index (χ0) is 21.9. The smallest absolute Gasteiger partial charge is 0.253 e. The first kappa shape index (κ1) is 20.0. The maximum absolute atomic E-state index is 13.3. The van der Waals surface area contributed by atoms with E-state index in [2.05, 4.69) is 35.4 Å². The number of hydrogen-bond acceptors (Lipinski definition) is 8. The minimum absolute atomic E-state index is 0.0667. The molecule has 2 aliphatic rings. The van der Waals surface area contributed by atoms with Crippen molar-refractivity contribution in [3.8, 4) is 0 Å². The molecule has 1 fully saturated rings. The lowest BCUT2D eigenvalue weighted by Gasteiger charge is -2.36. The van der Waals surface area contributed by atoms with Gasteiger partial charge in [-0.1, -0.05) is 0 Å². The number of anilines is 1. The first-order chi connectivity index (χ1) is 15.7. The third-order valence-corrected chi connectivity index (χ3v) is 5.83. The van der Waals surface area contributed by atoms with E-state index < -0.39 is 0 Å². The molecule has 164 valence electrons. The van der Waals surface area contributed by atoms with E-state index in [9.17, 15) is 9.59 Å². The number of amides is 2. The molecule has 11 nitrogen and oxygen atoms in total. The largest absolute Gasteiger partial charge is 0.345 e. The third kappa shape index (κ3) is 3.88. The van der Waals surface area contributed by atoms with Crippen LogP contribution in [0.5, 0.6) is 0 Å². The van der Waals surface area contributed by atoms with Crippen molar-refractivity contribution in [1.82, 2.24) is 39.9 Å². The van der Waals surface area contributed by atoms with Crippen LogP contribution in [0.1, 0.15) is 34.5 Å². The molecule has 11 heteroatoms. The SMILES string of the molecule is O=C(NCc1nnc2n1C(C(=O)N1CCN(c3ncccn3)CC1)CC2)c1cccnc1. The highest BCUT2D eigenvalue weighted by atomic mass is 16.2. The van der Waals surface area contributed by atoms with Crippen LogP contribution in [0.25, 0.3) is 0 Å². The van der Waals surface area contributed by atoms with Gasteiger partial charge in [0.2, 0.25) is 11.9 Å². The lowest BCUT2D eigenvalue weighted by molar-refractivity contribution is -0.135. The fraction of sp³-hybridized carbons (Fsp3) is 0.381. The van der Waals surface area contributed by atoms with Crippen molar-refractivity contribution in [1.29, 1.82) is 0 Å². The highest BCUT2D eigenvalue weighted by Crippen LogP contribution is 2.28. The van der Waals surface area contributed by atoms with Crippen LogP contribution in [0, 0.1) is 0 Å². The van der Waals surface area contributed by atoms with Gasteiger partial charge in [0.15, 0.2) is 5.82 Å². The summed E-state index contributed by atoms with van der Waals surface area (Å²) in [6.45, 7) is 2.79. The molecule has 3 aromatic heterocycles. The number of nitrogens with zero attached hydrogens (tertiary/aromatic N) is 8. The minimum atomic E-state index is -0.343. The van der Waals surface area contributed by atoms with Crippen LogP contribution < -0.4 is 10.2 Å². The molecule has 0 saturated carbocycles. The Bertz CT molecular complexity index is 1090. The van der Waals surface area contributed by atoms with Gasteiger partial charge >= 0.3 is 0 Å². The van der Waals surface area contributed by atoms with Gasteiger partial charge in [-0.15, -0.1) is 10.2 Å². The average molecular weight is 433 g/mol. The lowest BCUT2D eigenvalue weighted by atomic mass is 10.1. The predicted molar refractivity (Wildman–Crippen MR) is 114 cm³/mol. The fourth-order valence-electron chi connectivity index (χ4n) is 4.19. The molecule has 5 rings (SSSR count). The second-order valence-corrected chi connectivity index (χ2v) is 7.74. The zero-order valence-corrected chi connectivity index (χ0v) is 17.5. The molecule has 0 bridgehead atoms. The normalized spacial score (nSPS) is 17.8. The van der Waals surface area contributed by atoms with Crippen molar-refractivity contribution in [3.63, 3.8) is 0 Å². The summed E-state index contributed by atoms with van der Waals surface area (Å²) in [7, 11) is 0. The van der Waals surface area contributed by atoms with Crippen LogP contribution >= 0.6 is 0 Å². The Morgan fingerprint density at radius 2 is 1.84 bits per heavy atom. The number of aromatic nitrogens is 6. The average Bonchev–Trinajstić information content (AvgIpc) is 3.46. The summed E-state index contributed by atoms with van der Waals surface area (Å²) in [6.07, 6.45) is 7.95. The summed E-state index contributed by atoms with van der Waals surface area (Å²) in [6, 6.07) is 4.85. The minimum Gasteiger partial charge on any atom is -0.345 e. The van der Waals surface area contributed by atoms with Gasteiger partial charge in [0.05, 0.1) is 12.1 Å². The van der Waals surface area contributed by atoms with E-state index in [-0.39, 0.29) is 24.4 Å². The molecule has 0 radical (unpaired) electrons. The molecular weight excluding hydrogens is 410 g/mol. The number of rotatable bonds is 5. The Hall–Kier alpha value is -3.89. The molecule has 3 aromatic rings. The summed E-state index contributed by atoms with van der Waals surface area (Å²) in [4.78, 5) is 42.2. The molecule has 0 spiro atoms. The Labute approximate surface area is 184 Å². The van der Waals surface area contributed by atoms with Gasteiger partial charge in [-0.25, -0.2) is 9.97 Å². The first-order valence-electron chi connectivity index (χ1n) is 10.6. The summed E-state index contributed by atoms with van der Waals surface area (Å²) >= 11 is 0. The molecule has 1 unspecified atom stereocenters. The van der Waals surface area contributed by atoms with E-state index in [1.165, 1.54) is 6.20 Å². The van der Waals surface area contributed by atoms with Gasteiger partial charge in [0.1, 0.15) is 11.9 Å². The van der Waals surface area contributed by atoms with Crippen molar-refractivity contribution in [2.24, 2.45) is 0 Å². The van der Waals surface area contributed by atoms with E-state index in [0.29, 0.717) is 56.4 Å². The number of piperazine rings is 1. The molecule has 5 heterocycles. The van der Waals surface area contributed by atoms with Crippen molar-refractivity contribution in [2.75, 3.05) is 31.1 Å². The van der Waals surface area contributed by atoms with Crippen LogP contribution in [0.3, 0.4) is 0 Å². The number of aryl methyl sites for hydroxylation is 1. The summed E-state index contributed by atoms with van der Waals surface area (Å²) in [5.41, 5.74) is 0.474. The Kier molecular flexibility index (Phi) is 5.44. The quantitative estimate of drug-likeness (QED) is 0.607. The number of hydrogen-bond donors (Lipinski definition) is 1. The second-order valence-electron chi connectivity index (χ2n) is 7.74. The van der Waals surface area contributed by atoms with Gasteiger partial charge in [-0.2, -0.15) is 0 Å². The van der Waals surface area contributed by atoms with Crippen molar-refractivity contribution in [2.45, 2.75) is 25.4 Å². The van der Waals surface area contributed by atoms with E-state index >= 15 is 0 Å². The van der Waals surface area contributed by atoms with Crippen LogP contribution in [0.4, 0.5) is 5.95 Å². The Morgan fingerprint density at radius 3 is 2.59 bits per heavy atom. The summed E-state index contributed by atoms with van der Waals surface area (Å²) < 4.78 is 1.89. The number of pyridine rings is 1. The standard InChI is InChI=1S/C21H23N9O2/c31-19(15-3-1-6-22-13-15)25-14-18-27-26-17-5-4-16(30(17)18)20(32)28-9-11-29(12-10-28)21-23-7-2-8-24-21/h1-3,6-8,13,16H,4-5,9-12,14H2,(H,25,31). The zero-order valence-electron chi connectivity index (χ0n) is 17.5. The van der Waals surface area contributed by atoms with Crippen LogP contribution in [0.15, 0.2) is 43.0 Å². The third-order valence-electron chi connectivity index (χ3n) is 5.83. The van der Waals surface area contributed by atoms with Crippen molar-refractivity contribution >= 4 is 17.8 Å². The fourth-order valence-corrected chi connectivity index (χ4v) is 4.19. The lowest BCUT2D eigenvalue weighted by Crippen LogP contribution is -2.51. The van der Waals surface area contributed by atoms with Crippen LogP contribution in [-0.2, 0) is 17.8 Å². The Morgan fingerprint density at radius 1 is 1.03 bits per heavy atom. The van der Waals surface area contributed by atoms with Gasteiger partial charge in [0, 0.05) is 57.4 Å². The molecule has 2 amide bonds. The van der Waals surface area contributed by atoms with E-state index in [1.807, 2.05) is 9.47 Å². The summed E-state index contributed by atoms with van der Waals surface area (Å²) in [5, 5.41) is 11.3. The molecular formula is C21H23N9O2. The van der Waals surface area contributed by atoms with Gasteiger partial charge in [-0.3, -0.25) is 14.6 Å². The molecule has 1 atom stereocenters. The molecule has 0 aliphatic carbocycles. The highest BCUT2D eigenvalue weighted by molar-refractivity contribution is 5.93. The predicted octanol–water partition coefficient (Wildman–Crippen LogP) is 0.229.